The van der Waals surface area contributed by atoms with Crippen molar-refractivity contribution in [1.29, 1.82) is 5.41 Å². The summed E-state index contributed by atoms with van der Waals surface area (Å²) in [7, 11) is 0. The van der Waals surface area contributed by atoms with E-state index in [2.05, 4.69) is 13.5 Å². The Kier molecular flexibility index (Phi) is 6.56. The molecule has 0 atom stereocenters. The van der Waals surface area contributed by atoms with Gasteiger partial charge in [-0.2, -0.15) is 0 Å². The summed E-state index contributed by atoms with van der Waals surface area (Å²) in [6, 6.07) is 0. The summed E-state index contributed by atoms with van der Waals surface area (Å²) < 4.78 is 7.48. The molecule has 0 heterocycles. The van der Waals surface area contributed by atoms with Crippen molar-refractivity contribution in [2.24, 2.45) is 0 Å². The van der Waals surface area contributed by atoms with Crippen LogP contribution in [-0.2, 0) is 43.4 Å². The molecular formula is C10H13NOW2. The Bertz CT molecular complexity index is 329. The van der Waals surface area contributed by atoms with Gasteiger partial charge in [0.25, 0.3) is 0 Å². The zero-order valence-electron chi connectivity index (χ0n) is 8.51. The molecule has 14 heavy (non-hydrogen) atoms. The van der Waals surface area contributed by atoms with E-state index < -0.39 is 0 Å². The fourth-order valence-corrected chi connectivity index (χ4v) is 2.16. The molecule has 0 aromatic heterocycles. The molecule has 0 spiro atoms. The van der Waals surface area contributed by atoms with Gasteiger partial charge in [-0.15, -0.1) is 0 Å². The van der Waals surface area contributed by atoms with Crippen LogP contribution >= 0.6 is 0 Å². The topological polar surface area (TPSA) is 33.1 Å². The third-order valence-corrected chi connectivity index (χ3v) is 3.52. The van der Waals surface area contributed by atoms with E-state index in [1.54, 1.807) is 0 Å². The summed E-state index contributed by atoms with van der Waals surface area (Å²) >= 11 is 2.79. The van der Waals surface area contributed by atoms with E-state index in [9.17, 15) is 0 Å². The first-order valence-corrected chi connectivity index (χ1v) is 6.94. The van der Waals surface area contributed by atoms with Crippen molar-refractivity contribution >= 4 is 13.7 Å². The second-order valence-corrected chi connectivity index (χ2v) is 7.13. The summed E-state index contributed by atoms with van der Waals surface area (Å²) in [5.74, 6) is 0.200. The van der Waals surface area contributed by atoms with Crippen LogP contribution in [0, 0.1) is 5.41 Å². The summed E-state index contributed by atoms with van der Waals surface area (Å²) in [5.41, 5.74) is 2.08. The summed E-state index contributed by atoms with van der Waals surface area (Å²) in [6.45, 7) is 9.58. The van der Waals surface area contributed by atoms with Crippen molar-refractivity contribution in [3.63, 3.8) is 0 Å². The predicted octanol–water partition coefficient (Wildman–Crippen LogP) is 1.92. The van der Waals surface area contributed by atoms with Crippen molar-refractivity contribution in [2.45, 2.75) is 20.8 Å². The fraction of sp³-hybridized carbons (Fsp3) is 0.300. The van der Waals surface area contributed by atoms with Crippen LogP contribution in [0.4, 0.5) is 0 Å². The molecule has 0 saturated carbocycles. The van der Waals surface area contributed by atoms with Crippen molar-refractivity contribution in [3.05, 3.63) is 24.0 Å². The van der Waals surface area contributed by atoms with Crippen LogP contribution in [0.25, 0.3) is 0 Å². The zero-order chi connectivity index (χ0) is 11.3. The Labute approximate surface area is 107 Å². The number of ether oxygens (including phenoxy) is 1. The average molecular weight is 531 g/mol. The Balaban J connectivity index is 5.24. The quantitative estimate of drug-likeness (QED) is 0.336. The van der Waals surface area contributed by atoms with Crippen LogP contribution in [0.3, 0.4) is 0 Å². The fourth-order valence-electron chi connectivity index (χ4n) is 0.913. The molecule has 0 aromatic rings. The first-order valence-electron chi connectivity index (χ1n) is 4.01. The molecule has 2 nitrogen and oxygen atoms in total. The van der Waals surface area contributed by atoms with Gasteiger partial charge in [-0.05, 0) is 0 Å². The van der Waals surface area contributed by atoms with Gasteiger partial charge in [-0.25, -0.2) is 0 Å². The second kappa shape index (κ2) is 6.53. The molecule has 0 radical (unpaired) electrons. The maximum absolute atomic E-state index is 7.74. The molecule has 0 amide bonds. The molecule has 0 aliphatic heterocycles. The average Bonchev–Trinajstić information content (AvgIpc) is 2.03. The molecule has 0 aliphatic rings. The van der Waals surface area contributed by atoms with Gasteiger partial charge < -0.3 is 0 Å². The van der Waals surface area contributed by atoms with Gasteiger partial charge in [-0.1, -0.05) is 0 Å². The predicted molar refractivity (Wildman–Crippen MR) is 53.1 cm³/mol. The van der Waals surface area contributed by atoms with Crippen LogP contribution < -0.4 is 0 Å². The molecular weight excluding hydrogens is 518 g/mol. The van der Waals surface area contributed by atoms with Gasteiger partial charge >= 0.3 is 107 Å². The monoisotopic (exact) mass is 531 g/mol. The van der Waals surface area contributed by atoms with Crippen LogP contribution in [0.1, 0.15) is 20.8 Å². The van der Waals surface area contributed by atoms with E-state index in [0.717, 1.165) is 11.1 Å². The van der Waals surface area contributed by atoms with Crippen LogP contribution in [0.2, 0.25) is 0 Å². The summed E-state index contributed by atoms with van der Waals surface area (Å²) in [4.78, 5) is 0. The van der Waals surface area contributed by atoms with Crippen LogP contribution in [-0.4, -0.2) is 13.7 Å². The van der Waals surface area contributed by atoms with Gasteiger partial charge in [0.15, 0.2) is 0 Å². The minimum atomic E-state index is 0.200. The maximum atomic E-state index is 7.74. The standard InChI is InChI=1S/C10H13NO.2W/c1-5-8(4)9(6-2)10(11)12-7-3;;/h7,11H,3H2,1-2,4H3;;. The molecule has 0 rings (SSSR count). The van der Waals surface area contributed by atoms with Gasteiger partial charge in [-0.3, -0.25) is 0 Å². The number of hydrogen-bond donors (Lipinski definition) is 1. The van der Waals surface area contributed by atoms with Crippen molar-refractivity contribution in [1.82, 2.24) is 0 Å². The Morgan fingerprint density at radius 2 is 1.71 bits per heavy atom. The second-order valence-electron chi connectivity index (χ2n) is 2.73. The Hall–Kier alpha value is 0.0666. The van der Waals surface area contributed by atoms with E-state index in [1.165, 1.54) is 52.8 Å². The third-order valence-electron chi connectivity index (χ3n) is 1.68. The van der Waals surface area contributed by atoms with Gasteiger partial charge in [0.2, 0.25) is 0 Å². The number of nitrogens with one attached hydrogen (secondary N) is 1. The molecule has 0 fully saturated rings. The number of allylic oxidation sites excluding steroid dienone is 1. The van der Waals surface area contributed by atoms with E-state index in [-0.39, 0.29) is 5.90 Å². The van der Waals surface area contributed by atoms with E-state index >= 15 is 0 Å². The number of rotatable bonds is 4. The summed E-state index contributed by atoms with van der Waals surface area (Å²) in [6.07, 6.45) is 1.30. The van der Waals surface area contributed by atoms with E-state index in [0.29, 0.717) is 0 Å². The molecule has 0 bridgehead atoms. The minimum absolute atomic E-state index is 0.200. The van der Waals surface area contributed by atoms with Crippen molar-refractivity contribution in [3.8, 4) is 0 Å². The molecule has 1 N–H and O–H groups in total. The molecule has 76 valence electrons. The zero-order valence-corrected chi connectivity index (χ0v) is 14.4. The first kappa shape index (κ1) is 14.1. The van der Waals surface area contributed by atoms with Crippen molar-refractivity contribution in [2.75, 3.05) is 0 Å². The molecule has 0 aliphatic carbocycles. The van der Waals surface area contributed by atoms with Gasteiger partial charge in [0.05, 0.1) is 0 Å². The van der Waals surface area contributed by atoms with Gasteiger partial charge in [0, 0.05) is 0 Å². The molecule has 0 aromatic carbocycles. The van der Waals surface area contributed by atoms with E-state index in [1.807, 2.05) is 13.8 Å². The molecule has 4 heteroatoms. The third kappa shape index (κ3) is 4.07. The SMILES string of the molecule is C=COC(=N)C([C](C)=[W])=C(C)[C](C)=[W]. The molecule has 0 unspecified atom stereocenters. The molecule has 0 saturated heterocycles. The number of hydrogen-bond acceptors (Lipinski definition) is 2. The Morgan fingerprint density at radius 3 is 2.00 bits per heavy atom. The summed E-state index contributed by atoms with van der Waals surface area (Å²) in [5, 5.41) is 7.74. The van der Waals surface area contributed by atoms with Crippen molar-refractivity contribution < 1.29 is 43.4 Å². The normalized spacial score (nSPS) is 11.4. The van der Waals surface area contributed by atoms with Gasteiger partial charge in [0.1, 0.15) is 0 Å². The van der Waals surface area contributed by atoms with Crippen LogP contribution in [0.15, 0.2) is 24.0 Å². The first-order chi connectivity index (χ1) is 6.41. The Morgan fingerprint density at radius 1 is 1.21 bits per heavy atom. The van der Waals surface area contributed by atoms with E-state index in [4.69, 9.17) is 10.1 Å². The van der Waals surface area contributed by atoms with Crippen LogP contribution in [0.5, 0.6) is 0 Å².